The van der Waals surface area contributed by atoms with Gasteiger partial charge in [-0.3, -0.25) is 4.79 Å². The van der Waals surface area contributed by atoms with Gasteiger partial charge >= 0.3 is 0 Å². The van der Waals surface area contributed by atoms with Crippen molar-refractivity contribution in [2.24, 2.45) is 5.92 Å². The van der Waals surface area contributed by atoms with Crippen molar-refractivity contribution in [2.75, 3.05) is 26.3 Å². The Bertz CT molecular complexity index is 762. The number of benzene rings is 2. The van der Waals surface area contributed by atoms with Crippen LogP contribution in [0, 0.1) is 5.92 Å². The zero-order valence-corrected chi connectivity index (χ0v) is 15.4. The summed E-state index contributed by atoms with van der Waals surface area (Å²) < 4.78 is 12.7. The van der Waals surface area contributed by atoms with Gasteiger partial charge in [-0.05, 0) is 35.7 Å². The number of rotatable bonds is 2. The van der Waals surface area contributed by atoms with Crippen LogP contribution in [0.15, 0.2) is 53.0 Å². The molecule has 2 aliphatic rings. The molecule has 2 atom stereocenters. The Kier molecular flexibility index (Phi) is 4.77. The molecule has 0 N–H and O–H groups in total. The summed E-state index contributed by atoms with van der Waals surface area (Å²) >= 11 is 3.45. The Morgan fingerprint density at radius 3 is 2.76 bits per heavy atom. The van der Waals surface area contributed by atoms with Gasteiger partial charge in [-0.1, -0.05) is 46.3 Å². The Balaban J connectivity index is 1.44. The third kappa shape index (κ3) is 3.58. The predicted molar refractivity (Wildman–Crippen MR) is 98.5 cm³/mol. The number of amides is 1. The fourth-order valence-electron chi connectivity index (χ4n) is 3.47. The van der Waals surface area contributed by atoms with E-state index in [4.69, 9.17) is 9.47 Å². The molecular formula is C20H20BrNO3. The van der Waals surface area contributed by atoms with Crippen LogP contribution in [0.1, 0.15) is 17.2 Å². The second-order valence-electron chi connectivity index (χ2n) is 6.52. The van der Waals surface area contributed by atoms with E-state index in [1.165, 1.54) is 0 Å². The van der Waals surface area contributed by atoms with E-state index in [9.17, 15) is 4.79 Å². The lowest BCUT2D eigenvalue weighted by molar-refractivity contribution is -0.144. The number of hydrogen-bond acceptors (Lipinski definition) is 3. The molecule has 130 valence electrons. The van der Waals surface area contributed by atoms with Crippen molar-refractivity contribution in [2.45, 2.75) is 12.5 Å². The molecule has 4 rings (SSSR count). The highest BCUT2D eigenvalue weighted by Crippen LogP contribution is 2.29. The summed E-state index contributed by atoms with van der Waals surface area (Å²) in [5.74, 6) is 0.958. The van der Waals surface area contributed by atoms with Gasteiger partial charge in [0.25, 0.3) is 0 Å². The van der Waals surface area contributed by atoms with E-state index in [0.29, 0.717) is 26.3 Å². The first kappa shape index (κ1) is 16.6. The summed E-state index contributed by atoms with van der Waals surface area (Å²) in [4.78, 5) is 14.9. The van der Waals surface area contributed by atoms with E-state index in [1.807, 2.05) is 53.4 Å². The van der Waals surface area contributed by atoms with E-state index in [0.717, 1.165) is 27.8 Å². The summed E-state index contributed by atoms with van der Waals surface area (Å²) in [6.07, 6.45) is 0.678. The Hall–Kier alpha value is -1.85. The number of halogens is 1. The summed E-state index contributed by atoms with van der Waals surface area (Å²) in [6, 6.07) is 16.1. The number of carbonyl (C=O) groups is 1. The van der Waals surface area contributed by atoms with Gasteiger partial charge < -0.3 is 14.4 Å². The fraction of sp³-hybridized carbons (Fsp3) is 0.350. The molecule has 2 heterocycles. The molecule has 25 heavy (non-hydrogen) atoms. The van der Waals surface area contributed by atoms with Gasteiger partial charge in [0.05, 0.1) is 19.1 Å². The van der Waals surface area contributed by atoms with Crippen LogP contribution in [-0.4, -0.2) is 37.1 Å². The monoisotopic (exact) mass is 401 g/mol. The van der Waals surface area contributed by atoms with Gasteiger partial charge in [0, 0.05) is 11.0 Å². The van der Waals surface area contributed by atoms with Gasteiger partial charge in [0.15, 0.2) is 0 Å². The first-order valence-corrected chi connectivity index (χ1v) is 9.36. The minimum absolute atomic E-state index is 0.0670. The third-order valence-electron chi connectivity index (χ3n) is 4.85. The average Bonchev–Trinajstić information content (AvgIpc) is 2.68. The lowest BCUT2D eigenvalue weighted by Crippen LogP contribution is -2.47. The summed E-state index contributed by atoms with van der Waals surface area (Å²) in [5, 5.41) is 0. The minimum Gasteiger partial charge on any atom is -0.492 e. The number of hydrogen-bond donors (Lipinski definition) is 0. The first-order valence-electron chi connectivity index (χ1n) is 8.57. The van der Waals surface area contributed by atoms with Crippen molar-refractivity contribution in [1.29, 1.82) is 0 Å². The molecule has 2 aromatic rings. The van der Waals surface area contributed by atoms with Crippen LogP contribution < -0.4 is 4.74 Å². The van der Waals surface area contributed by atoms with E-state index in [1.54, 1.807) is 0 Å². The van der Waals surface area contributed by atoms with Crippen molar-refractivity contribution in [3.8, 4) is 5.75 Å². The lowest BCUT2D eigenvalue weighted by Gasteiger charge is -2.36. The quantitative estimate of drug-likeness (QED) is 0.771. The fourth-order valence-corrected chi connectivity index (χ4v) is 3.74. The molecule has 2 aromatic carbocycles. The molecule has 0 aliphatic carbocycles. The van der Waals surface area contributed by atoms with Crippen molar-refractivity contribution in [1.82, 2.24) is 4.90 Å². The molecule has 1 saturated heterocycles. The highest BCUT2D eigenvalue weighted by Gasteiger charge is 2.32. The number of morpholine rings is 1. The van der Waals surface area contributed by atoms with Crippen LogP contribution >= 0.6 is 15.9 Å². The second-order valence-corrected chi connectivity index (χ2v) is 7.43. The summed E-state index contributed by atoms with van der Waals surface area (Å²) in [5.41, 5.74) is 2.22. The van der Waals surface area contributed by atoms with Crippen LogP contribution in [0.4, 0.5) is 0 Å². The van der Waals surface area contributed by atoms with Crippen molar-refractivity contribution >= 4 is 21.8 Å². The van der Waals surface area contributed by atoms with E-state index < -0.39 is 0 Å². The molecule has 0 bridgehead atoms. The number of fused-ring (bicyclic) bond motifs is 1. The molecule has 1 amide bonds. The largest absolute Gasteiger partial charge is 0.492 e. The van der Waals surface area contributed by atoms with E-state index in [-0.39, 0.29) is 17.9 Å². The molecule has 5 heteroatoms. The smallest absolute Gasteiger partial charge is 0.229 e. The molecule has 4 nitrogen and oxygen atoms in total. The average molecular weight is 402 g/mol. The van der Waals surface area contributed by atoms with Gasteiger partial charge in [-0.15, -0.1) is 0 Å². The van der Waals surface area contributed by atoms with Crippen LogP contribution in [-0.2, 0) is 16.0 Å². The lowest BCUT2D eigenvalue weighted by atomic mass is 9.95. The zero-order chi connectivity index (χ0) is 17.2. The maximum absolute atomic E-state index is 13.0. The molecule has 0 saturated carbocycles. The van der Waals surface area contributed by atoms with Gasteiger partial charge in [-0.2, -0.15) is 0 Å². The van der Waals surface area contributed by atoms with Crippen LogP contribution in [0.3, 0.4) is 0 Å². The molecule has 0 radical (unpaired) electrons. The van der Waals surface area contributed by atoms with Crippen molar-refractivity contribution < 1.29 is 14.3 Å². The molecule has 0 spiro atoms. The van der Waals surface area contributed by atoms with Gasteiger partial charge in [0.1, 0.15) is 18.5 Å². The highest BCUT2D eigenvalue weighted by molar-refractivity contribution is 9.10. The minimum atomic E-state index is -0.112. The standard InChI is InChI=1S/C20H20BrNO3/c21-17-7-5-14(6-8-17)19-12-22(9-10-24-19)20(23)16-11-15-3-1-2-4-18(15)25-13-16/h1-8,16,19H,9-13H2. The van der Waals surface area contributed by atoms with Gasteiger partial charge in [-0.25, -0.2) is 0 Å². The molecule has 1 fully saturated rings. The highest BCUT2D eigenvalue weighted by atomic mass is 79.9. The van der Waals surface area contributed by atoms with Gasteiger partial charge in [0.2, 0.25) is 5.91 Å². The number of nitrogens with zero attached hydrogens (tertiary/aromatic N) is 1. The van der Waals surface area contributed by atoms with Crippen LogP contribution in [0.5, 0.6) is 5.75 Å². The molecule has 2 aliphatic heterocycles. The molecular weight excluding hydrogens is 382 g/mol. The van der Waals surface area contributed by atoms with Crippen molar-refractivity contribution in [3.05, 3.63) is 64.1 Å². The zero-order valence-electron chi connectivity index (χ0n) is 13.9. The first-order chi connectivity index (χ1) is 12.2. The molecule has 2 unspecified atom stereocenters. The van der Waals surface area contributed by atoms with Crippen LogP contribution in [0.2, 0.25) is 0 Å². The summed E-state index contributed by atoms with van der Waals surface area (Å²) in [6.45, 7) is 2.26. The number of carbonyl (C=O) groups excluding carboxylic acids is 1. The predicted octanol–water partition coefficient (Wildman–Crippen LogP) is 3.60. The van der Waals surface area contributed by atoms with Crippen LogP contribution in [0.25, 0.3) is 0 Å². The Labute approximate surface area is 155 Å². The normalized spacial score (nSPS) is 22.8. The summed E-state index contributed by atoms with van der Waals surface area (Å²) in [7, 11) is 0. The Morgan fingerprint density at radius 2 is 1.92 bits per heavy atom. The maximum Gasteiger partial charge on any atom is 0.229 e. The maximum atomic E-state index is 13.0. The van der Waals surface area contributed by atoms with Crippen molar-refractivity contribution in [3.63, 3.8) is 0 Å². The second kappa shape index (κ2) is 7.18. The molecule has 0 aromatic heterocycles. The Morgan fingerprint density at radius 1 is 1.12 bits per heavy atom. The SMILES string of the molecule is O=C(C1COc2ccccc2C1)N1CCOC(c2ccc(Br)cc2)C1. The van der Waals surface area contributed by atoms with E-state index in [2.05, 4.69) is 15.9 Å². The number of para-hydroxylation sites is 1. The van der Waals surface area contributed by atoms with E-state index >= 15 is 0 Å². The topological polar surface area (TPSA) is 38.8 Å². The number of ether oxygens (including phenoxy) is 2. The third-order valence-corrected chi connectivity index (χ3v) is 5.38.